The van der Waals surface area contributed by atoms with Gasteiger partial charge in [0.2, 0.25) is 11.3 Å². The molecule has 7 heteroatoms. The van der Waals surface area contributed by atoms with Crippen molar-refractivity contribution < 1.29 is 14.5 Å². The van der Waals surface area contributed by atoms with Crippen LogP contribution < -0.4 is 10.7 Å². The van der Waals surface area contributed by atoms with Gasteiger partial charge in [-0.25, -0.2) is 4.98 Å². The van der Waals surface area contributed by atoms with E-state index in [1.165, 1.54) is 7.11 Å². The molecule has 0 aliphatic rings. The normalized spacial score (nSPS) is 10.6. The van der Waals surface area contributed by atoms with Crippen molar-refractivity contribution in [2.75, 3.05) is 12.8 Å². The van der Waals surface area contributed by atoms with E-state index in [0.29, 0.717) is 29.2 Å². The number of hydrogen-bond acceptors (Lipinski definition) is 5. The van der Waals surface area contributed by atoms with Crippen LogP contribution in [0.5, 0.6) is 0 Å². The fourth-order valence-electron chi connectivity index (χ4n) is 1.38. The molecular formula is C9H12N5O2+. The summed E-state index contributed by atoms with van der Waals surface area (Å²) in [7, 11) is 1.35. The maximum absolute atomic E-state index is 11.0. The molecule has 0 radical (unpaired) electrons. The smallest absolute Gasteiger partial charge is 0.306 e. The zero-order valence-corrected chi connectivity index (χ0v) is 8.78. The first-order valence-corrected chi connectivity index (χ1v) is 4.78. The molecule has 2 rings (SSSR count). The number of H-pyrrole nitrogens is 2. The van der Waals surface area contributed by atoms with Crippen molar-refractivity contribution in [3.05, 3.63) is 12.2 Å². The lowest BCUT2D eigenvalue weighted by Gasteiger charge is -1.97. The predicted octanol–water partition coefficient (Wildman–Crippen LogP) is -0.540. The van der Waals surface area contributed by atoms with Crippen LogP contribution in [0, 0.1) is 0 Å². The predicted molar refractivity (Wildman–Crippen MR) is 55.2 cm³/mol. The first kappa shape index (κ1) is 10.3. The number of aromatic nitrogens is 4. The molecule has 2 aromatic rings. The van der Waals surface area contributed by atoms with Gasteiger partial charge in [-0.05, 0) is 0 Å². The van der Waals surface area contributed by atoms with Crippen LogP contribution in [0.4, 0.5) is 5.82 Å². The Kier molecular flexibility index (Phi) is 2.67. The molecule has 2 aromatic heterocycles. The number of ether oxygens (including phenoxy) is 1. The monoisotopic (exact) mass is 222 g/mol. The van der Waals surface area contributed by atoms with Crippen molar-refractivity contribution in [2.45, 2.75) is 12.8 Å². The van der Waals surface area contributed by atoms with Gasteiger partial charge >= 0.3 is 11.6 Å². The third kappa shape index (κ3) is 1.92. The van der Waals surface area contributed by atoms with Crippen LogP contribution in [0.25, 0.3) is 11.2 Å². The molecule has 84 valence electrons. The van der Waals surface area contributed by atoms with Crippen LogP contribution in [-0.4, -0.2) is 28.0 Å². The zero-order valence-electron chi connectivity index (χ0n) is 8.78. The van der Waals surface area contributed by atoms with Gasteiger partial charge in [-0.15, -0.1) is 0 Å². The van der Waals surface area contributed by atoms with Crippen LogP contribution in [0.15, 0.2) is 6.33 Å². The summed E-state index contributed by atoms with van der Waals surface area (Å²) in [4.78, 5) is 25.1. The van der Waals surface area contributed by atoms with E-state index in [9.17, 15) is 4.79 Å². The molecule has 0 aliphatic heterocycles. The van der Waals surface area contributed by atoms with Gasteiger partial charge in [0.1, 0.15) is 0 Å². The topological polar surface area (TPSA) is 108 Å². The van der Waals surface area contributed by atoms with E-state index in [1.54, 1.807) is 6.33 Å². The summed E-state index contributed by atoms with van der Waals surface area (Å²) in [5, 5.41) is 0. The van der Waals surface area contributed by atoms with E-state index >= 15 is 0 Å². The lowest BCUT2D eigenvalue weighted by Crippen LogP contribution is -2.08. The molecule has 2 heterocycles. The summed E-state index contributed by atoms with van der Waals surface area (Å²) >= 11 is 0. The van der Waals surface area contributed by atoms with E-state index in [4.69, 9.17) is 5.73 Å². The summed E-state index contributed by atoms with van der Waals surface area (Å²) < 4.78 is 4.53. The Morgan fingerprint density at radius 1 is 1.62 bits per heavy atom. The molecule has 4 N–H and O–H groups in total. The highest BCUT2D eigenvalue weighted by Crippen LogP contribution is 2.11. The Hall–Kier alpha value is -2.18. The second-order valence-electron chi connectivity index (χ2n) is 3.26. The Labute approximate surface area is 91.1 Å². The molecule has 0 saturated heterocycles. The van der Waals surface area contributed by atoms with Crippen LogP contribution in [0.3, 0.4) is 0 Å². The summed E-state index contributed by atoms with van der Waals surface area (Å²) in [5.74, 6) is 0.595. The van der Waals surface area contributed by atoms with E-state index in [1.807, 2.05) is 0 Å². The van der Waals surface area contributed by atoms with Gasteiger partial charge in [0.15, 0.2) is 12.1 Å². The number of imidazole rings is 1. The standard InChI is InChI=1S/C9H11N5O2/c1-16-6(15)3-2-5-13-8(10)7-9(14-5)12-4-11-7/h4H,2-3H2,1H3,(H3,10,11,12,13,14)/p+1. The van der Waals surface area contributed by atoms with Crippen molar-refractivity contribution in [1.82, 2.24) is 15.0 Å². The number of nitrogens with zero attached hydrogens (tertiary/aromatic N) is 2. The van der Waals surface area contributed by atoms with Gasteiger partial charge < -0.3 is 10.5 Å². The SMILES string of the molecule is COC(=O)CCc1nc(N)c2[nH]c[nH+]c2n1. The van der Waals surface area contributed by atoms with Crippen LogP contribution in [-0.2, 0) is 16.0 Å². The summed E-state index contributed by atoms with van der Waals surface area (Å²) in [6.07, 6.45) is 2.28. The number of aromatic amines is 2. The largest absolute Gasteiger partial charge is 0.469 e. The average Bonchev–Trinajstić information content (AvgIpc) is 2.74. The quantitative estimate of drug-likeness (QED) is 0.678. The highest BCUT2D eigenvalue weighted by molar-refractivity contribution is 5.78. The van der Waals surface area contributed by atoms with Crippen molar-refractivity contribution in [3.8, 4) is 0 Å². The molecule has 16 heavy (non-hydrogen) atoms. The first-order chi connectivity index (χ1) is 7.70. The van der Waals surface area contributed by atoms with Gasteiger partial charge in [0, 0.05) is 6.42 Å². The number of fused-ring (bicyclic) bond motifs is 1. The minimum atomic E-state index is -0.291. The first-order valence-electron chi connectivity index (χ1n) is 4.78. The third-order valence-electron chi connectivity index (χ3n) is 2.19. The Bertz CT molecular complexity index is 522. The van der Waals surface area contributed by atoms with E-state index in [-0.39, 0.29) is 12.4 Å². The maximum Gasteiger partial charge on any atom is 0.306 e. The Morgan fingerprint density at radius 3 is 3.19 bits per heavy atom. The molecule has 0 unspecified atom stereocenters. The number of hydrogen-bond donors (Lipinski definition) is 2. The number of rotatable bonds is 3. The number of anilines is 1. The minimum Gasteiger partial charge on any atom is -0.469 e. The second-order valence-corrected chi connectivity index (χ2v) is 3.26. The molecular weight excluding hydrogens is 210 g/mol. The van der Waals surface area contributed by atoms with Crippen molar-refractivity contribution in [1.29, 1.82) is 0 Å². The molecule has 0 aromatic carbocycles. The highest BCUT2D eigenvalue weighted by atomic mass is 16.5. The third-order valence-corrected chi connectivity index (χ3v) is 2.19. The lowest BCUT2D eigenvalue weighted by molar-refractivity contribution is -0.347. The molecule has 0 aliphatic carbocycles. The number of carbonyl (C=O) groups excluding carboxylic acids is 1. The Balaban J connectivity index is 2.21. The average molecular weight is 222 g/mol. The molecule has 7 nitrogen and oxygen atoms in total. The molecule has 0 spiro atoms. The molecule has 0 fully saturated rings. The lowest BCUT2D eigenvalue weighted by atomic mass is 10.3. The summed E-state index contributed by atoms with van der Waals surface area (Å²) in [6.45, 7) is 0. The van der Waals surface area contributed by atoms with Gasteiger partial charge in [-0.2, -0.15) is 4.98 Å². The molecule has 0 amide bonds. The maximum atomic E-state index is 11.0. The molecule has 0 saturated carbocycles. The molecule has 0 atom stereocenters. The number of nitrogen functional groups attached to an aromatic ring is 1. The number of nitrogens with two attached hydrogens (primary N) is 1. The number of carbonyl (C=O) groups is 1. The van der Waals surface area contributed by atoms with E-state index < -0.39 is 0 Å². The van der Waals surface area contributed by atoms with Crippen LogP contribution >= 0.6 is 0 Å². The van der Waals surface area contributed by atoms with Gasteiger partial charge in [-0.3, -0.25) is 9.78 Å². The minimum absolute atomic E-state index is 0.242. The fraction of sp³-hybridized carbons (Fsp3) is 0.333. The van der Waals surface area contributed by atoms with Crippen LogP contribution in [0.1, 0.15) is 12.2 Å². The van der Waals surface area contributed by atoms with Gasteiger partial charge in [-0.1, -0.05) is 4.98 Å². The fourth-order valence-corrected chi connectivity index (χ4v) is 1.38. The highest BCUT2D eigenvalue weighted by Gasteiger charge is 2.14. The van der Waals surface area contributed by atoms with E-state index in [0.717, 1.165) is 0 Å². The van der Waals surface area contributed by atoms with Gasteiger partial charge in [0.05, 0.1) is 13.5 Å². The van der Waals surface area contributed by atoms with Gasteiger partial charge in [0.25, 0.3) is 0 Å². The van der Waals surface area contributed by atoms with E-state index in [2.05, 4.69) is 24.7 Å². The summed E-state index contributed by atoms with van der Waals surface area (Å²) in [5.41, 5.74) is 7.02. The summed E-state index contributed by atoms with van der Waals surface area (Å²) in [6, 6.07) is 0. The van der Waals surface area contributed by atoms with Crippen molar-refractivity contribution in [3.63, 3.8) is 0 Å². The van der Waals surface area contributed by atoms with Crippen LogP contribution in [0.2, 0.25) is 0 Å². The van der Waals surface area contributed by atoms with Crippen molar-refractivity contribution in [2.24, 2.45) is 0 Å². The number of esters is 1. The van der Waals surface area contributed by atoms with Crippen molar-refractivity contribution >= 4 is 23.0 Å². The number of nitrogens with one attached hydrogen (secondary N) is 2. The number of methoxy groups -OCH3 is 1. The second kappa shape index (κ2) is 4.13. The number of aryl methyl sites for hydroxylation is 1. The zero-order chi connectivity index (χ0) is 11.5. The molecule has 0 bridgehead atoms. The Morgan fingerprint density at radius 2 is 2.44 bits per heavy atom.